The molecule has 1 aromatic carbocycles. The van der Waals surface area contributed by atoms with Crippen LogP contribution < -0.4 is 10.5 Å². The number of hydrogen-bond donors (Lipinski definition) is 2. The Hall–Kier alpha value is -1.39. The highest BCUT2D eigenvalue weighted by Crippen LogP contribution is 2.17. The van der Waals surface area contributed by atoms with E-state index in [1.165, 1.54) is 6.26 Å². The van der Waals surface area contributed by atoms with Gasteiger partial charge in [-0.05, 0) is 18.6 Å². The summed E-state index contributed by atoms with van der Waals surface area (Å²) in [5.41, 5.74) is -0.753. The second-order valence-corrected chi connectivity index (χ2v) is 7.31. The fourth-order valence-corrected chi connectivity index (χ4v) is 2.57. The Morgan fingerprint density at radius 2 is 2.00 bits per heavy atom. The summed E-state index contributed by atoms with van der Waals surface area (Å²) in [6.07, 6.45) is 1.88. The molecule has 21 heavy (non-hydrogen) atoms. The van der Waals surface area contributed by atoms with E-state index < -0.39 is 48.8 Å². The number of benzene rings is 1. The molecule has 3 N–H and O–H groups in total. The lowest BCUT2D eigenvalue weighted by atomic mass is 10.2. The SMILES string of the molecule is CS(=O)CCCNC(=O)c1cc(S(N)(=O)=O)cc(F)c1F. The average molecular weight is 340 g/mol. The quantitative estimate of drug-likeness (QED) is 0.717. The van der Waals surface area contributed by atoms with Crippen molar-refractivity contribution in [2.45, 2.75) is 11.3 Å². The smallest absolute Gasteiger partial charge is 0.254 e. The fraction of sp³-hybridized carbons (Fsp3) is 0.364. The van der Waals surface area contributed by atoms with Gasteiger partial charge in [0, 0.05) is 29.4 Å². The molecule has 0 radical (unpaired) electrons. The van der Waals surface area contributed by atoms with Crippen molar-refractivity contribution in [3.63, 3.8) is 0 Å². The van der Waals surface area contributed by atoms with E-state index in [9.17, 15) is 26.2 Å². The molecule has 0 bridgehead atoms. The normalized spacial score (nSPS) is 13.0. The van der Waals surface area contributed by atoms with Crippen molar-refractivity contribution in [1.29, 1.82) is 0 Å². The minimum Gasteiger partial charge on any atom is -0.352 e. The van der Waals surface area contributed by atoms with Crippen LogP contribution >= 0.6 is 0 Å². The molecule has 6 nitrogen and oxygen atoms in total. The van der Waals surface area contributed by atoms with Crippen LogP contribution in [0.15, 0.2) is 17.0 Å². The predicted molar refractivity (Wildman–Crippen MR) is 73.6 cm³/mol. The lowest BCUT2D eigenvalue weighted by molar-refractivity contribution is 0.0948. The van der Waals surface area contributed by atoms with Crippen LogP contribution in [0.3, 0.4) is 0 Å². The van der Waals surface area contributed by atoms with Gasteiger partial charge < -0.3 is 5.32 Å². The fourth-order valence-electron chi connectivity index (χ4n) is 1.47. The third-order valence-electron chi connectivity index (χ3n) is 2.47. The highest BCUT2D eigenvalue weighted by Gasteiger charge is 2.20. The number of halogens is 2. The third kappa shape index (κ3) is 5.14. The molecule has 1 unspecified atom stereocenters. The van der Waals surface area contributed by atoms with Crippen LogP contribution in [0.5, 0.6) is 0 Å². The van der Waals surface area contributed by atoms with Gasteiger partial charge in [0.2, 0.25) is 10.0 Å². The highest BCUT2D eigenvalue weighted by atomic mass is 32.2. The predicted octanol–water partition coefficient (Wildman–Crippen LogP) is 0.111. The van der Waals surface area contributed by atoms with Gasteiger partial charge in [-0.15, -0.1) is 0 Å². The van der Waals surface area contributed by atoms with E-state index in [1.54, 1.807) is 0 Å². The van der Waals surface area contributed by atoms with E-state index in [4.69, 9.17) is 5.14 Å². The maximum Gasteiger partial charge on any atom is 0.254 e. The molecule has 0 aliphatic carbocycles. The van der Waals surface area contributed by atoms with Gasteiger partial charge in [0.15, 0.2) is 11.6 Å². The Morgan fingerprint density at radius 3 is 2.52 bits per heavy atom. The molecule has 0 aliphatic heterocycles. The molecule has 0 heterocycles. The summed E-state index contributed by atoms with van der Waals surface area (Å²) in [7, 11) is -5.29. The molecule has 118 valence electrons. The van der Waals surface area contributed by atoms with Crippen molar-refractivity contribution in [2.24, 2.45) is 5.14 Å². The average Bonchev–Trinajstić information content (AvgIpc) is 2.35. The molecule has 0 saturated carbocycles. The van der Waals surface area contributed by atoms with Crippen molar-refractivity contribution in [2.75, 3.05) is 18.6 Å². The first-order chi connectivity index (χ1) is 9.62. The number of hydrogen-bond acceptors (Lipinski definition) is 4. The van der Waals surface area contributed by atoms with Crippen LogP contribution in [0, 0.1) is 11.6 Å². The van der Waals surface area contributed by atoms with Crippen molar-refractivity contribution < 1.29 is 26.2 Å². The summed E-state index contributed by atoms with van der Waals surface area (Å²) in [6.45, 7) is 0.0963. The standard InChI is InChI=1S/C11H14F2N2O4S2/c1-20(17)4-2-3-15-11(16)8-5-7(21(14,18)19)6-9(12)10(8)13/h5-6H,2-4H2,1H3,(H,15,16)(H2,14,18,19). The third-order valence-corrected chi connectivity index (χ3v) is 4.23. The first-order valence-electron chi connectivity index (χ1n) is 5.73. The molecule has 0 saturated heterocycles. The van der Waals surface area contributed by atoms with E-state index in [0.29, 0.717) is 24.3 Å². The van der Waals surface area contributed by atoms with Gasteiger partial charge >= 0.3 is 0 Å². The zero-order chi connectivity index (χ0) is 16.2. The summed E-state index contributed by atoms with van der Waals surface area (Å²) in [5, 5.41) is 7.10. The van der Waals surface area contributed by atoms with Gasteiger partial charge in [0.1, 0.15) is 0 Å². The molecule has 1 amide bonds. The van der Waals surface area contributed by atoms with Gasteiger partial charge in [-0.25, -0.2) is 22.3 Å². The van der Waals surface area contributed by atoms with Crippen LogP contribution in [-0.2, 0) is 20.8 Å². The van der Waals surface area contributed by atoms with Crippen LogP contribution in [0.25, 0.3) is 0 Å². The maximum absolute atomic E-state index is 13.5. The van der Waals surface area contributed by atoms with Gasteiger partial charge in [0.05, 0.1) is 10.5 Å². The van der Waals surface area contributed by atoms with Crippen molar-refractivity contribution >= 4 is 26.7 Å². The second-order valence-electron chi connectivity index (χ2n) is 4.20. The number of nitrogens with two attached hydrogens (primary N) is 1. The molecule has 0 fully saturated rings. The van der Waals surface area contributed by atoms with Crippen LogP contribution in [-0.4, -0.2) is 37.1 Å². The zero-order valence-electron chi connectivity index (χ0n) is 11.1. The van der Waals surface area contributed by atoms with E-state index in [1.807, 2.05) is 0 Å². The second kappa shape index (κ2) is 7.05. The minimum absolute atomic E-state index is 0.0963. The van der Waals surface area contributed by atoms with Gasteiger partial charge in [0.25, 0.3) is 5.91 Å². The van der Waals surface area contributed by atoms with Gasteiger partial charge in [-0.2, -0.15) is 0 Å². The lowest BCUT2D eigenvalue weighted by Gasteiger charge is -2.08. The molecule has 1 rings (SSSR count). The number of nitrogens with one attached hydrogen (secondary N) is 1. The molecule has 1 aromatic rings. The largest absolute Gasteiger partial charge is 0.352 e. The molecule has 10 heteroatoms. The van der Waals surface area contributed by atoms with E-state index in [2.05, 4.69) is 5.32 Å². The number of sulfonamides is 1. The number of rotatable bonds is 6. The maximum atomic E-state index is 13.5. The summed E-state index contributed by atoms with van der Waals surface area (Å²) in [5.74, 6) is -3.58. The Morgan fingerprint density at radius 1 is 1.38 bits per heavy atom. The topological polar surface area (TPSA) is 106 Å². The lowest BCUT2D eigenvalue weighted by Crippen LogP contribution is -2.27. The van der Waals surface area contributed by atoms with Crippen molar-refractivity contribution in [3.05, 3.63) is 29.3 Å². The van der Waals surface area contributed by atoms with Gasteiger partial charge in [-0.1, -0.05) is 0 Å². The van der Waals surface area contributed by atoms with E-state index in [-0.39, 0.29) is 6.54 Å². The number of carbonyl (C=O) groups excluding carboxylic acids is 1. The van der Waals surface area contributed by atoms with Crippen LogP contribution in [0.4, 0.5) is 8.78 Å². The summed E-state index contributed by atoms with van der Waals surface area (Å²) in [6, 6.07) is 1.07. The molecule has 1 atom stereocenters. The van der Waals surface area contributed by atoms with E-state index in [0.717, 1.165) is 0 Å². The van der Waals surface area contributed by atoms with Crippen molar-refractivity contribution in [3.8, 4) is 0 Å². The highest BCUT2D eigenvalue weighted by molar-refractivity contribution is 7.89. The first-order valence-corrected chi connectivity index (χ1v) is 9.00. The van der Waals surface area contributed by atoms with Crippen LogP contribution in [0.1, 0.15) is 16.8 Å². The molecule has 0 aliphatic rings. The summed E-state index contributed by atoms with van der Waals surface area (Å²) >= 11 is 0. The Bertz CT molecular complexity index is 677. The van der Waals surface area contributed by atoms with Gasteiger partial charge in [-0.3, -0.25) is 9.00 Å². The summed E-state index contributed by atoms with van der Waals surface area (Å²) in [4.78, 5) is 11.0. The minimum atomic E-state index is -4.26. The first kappa shape index (κ1) is 17.7. The zero-order valence-corrected chi connectivity index (χ0v) is 12.7. The van der Waals surface area contributed by atoms with E-state index >= 15 is 0 Å². The molecule has 0 spiro atoms. The van der Waals surface area contributed by atoms with Crippen molar-refractivity contribution in [1.82, 2.24) is 5.32 Å². The monoisotopic (exact) mass is 340 g/mol. The summed E-state index contributed by atoms with van der Waals surface area (Å²) < 4.78 is 59.9. The van der Waals surface area contributed by atoms with Crippen LogP contribution in [0.2, 0.25) is 0 Å². The number of amides is 1. The molecule has 0 aromatic heterocycles. The Labute approximate surface area is 123 Å². The Balaban J connectivity index is 2.93. The number of primary sulfonamides is 1. The molecular formula is C11H14F2N2O4S2. The molecular weight excluding hydrogens is 326 g/mol. The number of carbonyl (C=O) groups is 1. The Kier molecular flexibility index (Phi) is 5.93.